The molecule has 21 heavy (non-hydrogen) atoms. The first kappa shape index (κ1) is 15.8. The van der Waals surface area contributed by atoms with E-state index >= 15 is 0 Å². The van der Waals surface area contributed by atoms with Gasteiger partial charge in [0.1, 0.15) is 5.82 Å². The molecule has 0 bridgehead atoms. The standard InChI is InChI=1S/C13H11Cl3N4O/c1-2-17-11-4-3-10(19-20-11)13(21)18-12-8(15)5-7(14)6-9(12)16/h3-6H,2H2,1H3,(H,17,20)(H,18,21). The summed E-state index contributed by atoms with van der Waals surface area (Å²) in [5.74, 6) is 0.133. The van der Waals surface area contributed by atoms with Crippen molar-refractivity contribution in [2.75, 3.05) is 17.2 Å². The van der Waals surface area contributed by atoms with Gasteiger partial charge in [-0.15, -0.1) is 10.2 Å². The van der Waals surface area contributed by atoms with Crippen molar-refractivity contribution in [1.82, 2.24) is 10.2 Å². The Balaban J connectivity index is 2.18. The van der Waals surface area contributed by atoms with Crippen molar-refractivity contribution < 1.29 is 4.79 Å². The molecule has 1 aromatic carbocycles. The van der Waals surface area contributed by atoms with Crippen LogP contribution in [0.25, 0.3) is 0 Å². The van der Waals surface area contributed by atoms with Gasteiger partial charge >= 0.3 is 0 Å². The fourth-order valence-electron chi connectivity index (χ4n) is 1.57. The van der Waals surface area contributed by atoms with Crippen molar-refractivity contribution in [3.63, 3.8) is 0 Å². The maximum absolute atomic E-state index is 12.1. The molecule has 5 nitrogen and oxygen atoms in total. The van der Waals surface area contributed by atoms with Crippen molar-refractivity contribution in [3.05, 3.63) is 45.0 Å². The normalized spacial score (nSPS) is 10.3. The summed E-state index contributed by atoms with van der Waals surface area (Å²) in [7, 11) is 0. The zero-order valence-electron chi connectivity index (χ0n) is 11.0. The maximum Gasteiger partial charge on any atom is 0.276 e. The number of anilines is 2. The third kappa shape index (κ3) is 3.97. The summed E-state index contributed by atoms with van der Waals surface area (Å²) in [6, 6.07) is 6.20. The number of nitrogens with one attached hydrogen (secondary N) is 2. The number of rotatable bonds is 4. The van der Waals surface area contributed by atoms with Crippen molar-refractivity contribution in [2.24, 2.45) is 0 Å². The molecule has 1 aromatic heterocycles. The highest BCUT2D eigenvalue weighted by Crippen LogP contribution is 2.33. The van der Waals surface area contributed by atoms with E-state index in [-0.39, 0.29) is 21.4 Å². The number of benzene rings is 1. The molecule has 2 N–H and O–H groups in total. The number of carbonyl (C=O) groups is 1. The molecule has 110 valence electrons. The average molecular weight is 346 g/mol. The Morgan fingerprint density at radius 1 is 1.14 bits per heavy atom. The van der Waals surface area contributed by atoms with Crippen LogP contribution in [0.2, 0.25) is 15.1 Å². The molecule has 1 heterocycles. The van der Waals surface area contributed by atoms with Gasteiger partial charge in [-0.05, 0) is 31.2 Å². The Hall–Kier alpha value is -1.56. The van der Waals surface area contributed by atoms with Crippen molar-refractivity contribution in [2.45, 2.75) is 6.92 Å². The van der Waals surface area contributed by atoms with Crippen molar-refractivity contribution in [3.8, 4) is 0 Å². The number of hydrogen-bond acceptors (Lipinski definition) is 4. The topological polar surface area (TPSA) is 66.9 Å². The molecule has 2 aromatic rings. The molecule has 1 amide bonds. The van der Waals surface area contributed by atoms with Crippen LogP contribution in [0.5, 0.6) is 0 Å². The van der Waals surface area contributed by atoms with Gasteiger partial charge in [-0.25, -0.2) is 0 Å². The number of nitrogens with zero attached hydrogens (tertiary/aromatic N) is 2. The smallest absolute Gasteiger partial charge is 0.276 e. The van der Waals surface area contributed by atoms with E-state index in [1.807, 2.05) is 6.92 Å². The Morgan fingerprint density at radius 2 is 1.81 bits per heavy atom. The third-order valence-electron chi connectivity index (χ3n) is 2.50. The molecule has 0 aliphatic carbocycles. The summed E-state index contributed by atoms with van der Waals surface area (Å²) >= 11 is 17.8. The van der Waals surface area contributed by atoms with Gasteiger partial charge in [0, 0.05) is 11.6 Å². The minimum atomic E-state index is -0.461. The molecule has 0 saturated heterocycles. The molecule has 0 saturated carbocycles. The SMILES string of the molecule is CCNc1ccc(C(=O)Nc2c(Cl)cc(Cl)cc2Cl)nn1. The van der Waals surface area contributed by atoms with Gasteiger partial charge in [-0.2, -0.15) is 0 Å². The summed E-state index contributed by atoms with van der Waals surface area (Å²) in [6.45, 7) is 2.66. The molecule has 0 unspecified atom stereocenters. The fraction of sp³-hybridized carbons (Fsp3) is 0.154. The van der Waals surface area contributed by atoms with E-state index in [1.165, 1.54) is 12.1 Å². The largest absolute Gasteiger partial charge is 0.369 e. The molecule has 2 rings (SSSR count). The monoisotopic (exact) mass is 344 g/mol. The summed E-state index contributed by atoms with van der Waals surface area (Å²) in [6.07, 6.45) is 0. The second kappa shape index (κ2) is 6.93. The second-order valence-electron chi connectivity index (χ2n) is 4.03. The number of carbonyl (C=O) groups excluding carboxylic acids is 1. The van der Waals surface area contributed by atoms with E-state index in [9.17, 15) is 4.79 Å². The first-order valence-electron chi connectivity index (χ1n) is 6.04. The Morgan fingerprint density at radius 3 is 2.33 bits per heavy atom. The summed E-state index contributed by atoms with van der Waals surface area (Å²) in [5, 5.41) is 14.2. The highest BCUT2D eigenvalue weighted by Gasteiger charge is 2.14. The Kier molecular flexibility index (Phi) is 5.22. The van der Waals surface area contributed by atoms with Crippen LogP contribution >= 0.6 is 34.8 Å². The fourth-order valence-corrected chi connectivity index (χ4v) is 2.48. The van der Waals surface area contributed by atoms with Crippen LogP contribution in [0.4, 0.5) is 11.5 Å². The van der Waals surface area contributed by atoms with Crippen molar-refractivity contribution in [1.29, 1.82) is 0 Å². The zero-order chi connectivity index (χ0) is 15.4. The van der Waals surface area contributed by atoms with E-state index in [0.717, 1.165) is 6.54 Å². The number of hydrogen-bond donors (Lipinski definition) is 2. The van der Waals surface area contributed by atoms with Gasteiger partial charge in [-0.3, -0.25) is 4.79 Å². The molecule has 0 spiro atoms. The predicted octanol–water partition coefficient (Wildman–Crippen LogP) is 4.12. The van der Waals surface area contributed by atoms with Crippen LogP contribution < -0.4 is 10.6 Å². The van der Waals surface area contributed by atoms with E-state index in [0.29, 0.717) is 10.8 Å². The molecule has 0 aliphatic heterocycles. The van der Waals surface area contributed by atoms with Crippen molar-refractivity contribution >= 4 is 52.2 Å². The molecule has 8 heteroatoms. The van der Waals surface area contributed by atoms with E-state index in [2.05, 4.69) is 20.8 Å². The Bertz CT molecular complexity index is 638. The van der Waals surface area contributed by atoms with Gasteiger partial charge in [-0.1, -0.05) is 34.8 Å². The lowest BCUT2D eigenvalue weighted by molar-refractivity contribution is 0.102. The third-order valence-corrected chi connectivity index (χ3v) is 3.31. The maximum atomic E-state index is 12.1. The van der Waals surface area contributed by atoms with E-state index in [4.69, 9.17) is 34.8 Å². The Labute approximate surface area is 136 Å². The predicted molar refractivity (Wildman–Crippen MR) is 85.6 cm³/mol. The lowest BCUT2D eigenvalue weighted by Gasteiger charge is -2.09. The highest BCUT2D eigenvalue weighted by atomic mass is 35.5. The first-order valence-corrected chi connectivity index (χ1v) is 7.18. The van der Waals surface area contributed by atoms with Crippen LogP contribution in [0.15, 0.2) is 24.3 Å². The second-order valence-corrected chi connectivity index (χ2v) is 5.28. The molecule has 0 fully saturated rings. The quantitative estimate of drug-likeness (QED) is 0.874. The number of aromatic nitrogens is 2. The lowest BCUT2D eigenvalue weighted by Crippen LogP contribution is -2.15. The average Bonchev–Trinajstić information content (AvgIpc) is 2.43. The lowest BCUT2D eigenvalue weighted by atomic mass is 10.3. The summed E-state index contributed by atoms with van der Waals surface area (Å²) in [5.41, 5.74) is 0.434. The first-order chi connectivity index (χ1) is 10.0. The van der Waals surface area contributed by atoms with Crippen LogP contribution in [0, 0.1) is 0 Å². The zero-order valence-corrected chi connectivity index (χ0v) is 13.2. The van der Waals surface area contributed by atoms with E-state index in [1.54, 1.807) is 12.1 Å². The van der Waals surface area contributed by atoms with Gasteiger partial charge in [0.25, 0.3) is 5.91 Å². The van der Waals surface area contributed by atoms with Gasteiger partial charge < -0.3 is 10.6 Å². The number of amides is 1. The molecular formula is C13H11Cl3N4O. The molecule has 0 aliphatic rings. The molecule has 0 radical (unpaired) electrons. The van der Waals surface area contributed by atoms with Crippen LogP contribution in [0.1, 0.15) is 17.4 Å². The van der Waals surface area contributed by atoms with Gasteiger partial charge in [0.05, 0.1) is 15.7 Å². The molecule has 0 atom stereocenters. The van der Waals surface area contributed by atoms with E-state index < -0.39 is 5.91 Å². The minimum absolute atomic E-state index is 0.152. The minimum Gasteiger partial charge on any atom is -0.369 e. The molecular weight excluding hydrogens is 335 g/mol. The van der Waals surface area contributed by atoms with Crippen LogP contribution in [-0.4, -0.2) is 22.6 Å². The summed E-state index contributed by atoms with van der Waals surface area (Å²) in [4.78, 5) is 12.1. The number of halogens is 3. The van der Waals surface area contributed by atoms with Gasteiger partial charge in [0.15, 0.2) is 5.69 Å². The van der Waals surface area contributed by atoms with Gasteiger partial charge in [0.2, 0.25) is 0 Å². The van der Waals surface area contributed by atoms with Crippen LogP contribution in [0.3, 0.4) is 0 Å². The highest BCUT2D eigenvalue weighted by molar-refractivity contribution is 6.42. The summed E-state index contributed by atoms with van der Waals surface area (Å²) < 4.78 is 0. The van der Waals surface area contributed by atoms with Crippen LogP contribution in [-0.2, 0) is 0 Å².